The average Bonchev–Trinajstić information content (AvgIpc) is 3.20. The topological polar surface area (TPSA) is 94.0 Å². The van der Waals surface area contributed by atoms with Crippen LogP contribution in [0.15, 0.2) is 22.0 Å². The molecule has 0 aliphatic heterocycles. The van der Waals surface area contributed by atoms with E-state index in [0.717, 1.165) is 25.7 Å². The van der Waals surface area contributed by atoms with Crippen molar-refractivity contribution < 1.29 is 9.32 Å². The van der Waals surface area contributed by atoms with E-state index in [1.807, 2.05) is 11.4 Å². The van der Waals surface area contributed by atoms with E-state index in [0.29, 0.717) is 29.6 Å². The summed E-state index contributed by atoms with van der Waals surface area (Å²) in [4.78, 5) is 16.8. The second-order valence-corrected chi connectivity index (χ2v) is 6.31. The quantitative estimate of drug-likeness (QED) is 0.869. The first kappa shape index (κ1) is 16.9. The fourth-order valence-corrected chi connectivity index (χ4v) is 3.21. The van der Waals surface area contributed by atoms with Crippen molar-refractivity contribution in [2.75, 3.05) is 6.54 Å². The summed E-state index contributed by atoms with van der Waals surface area (Å²) in [6.45, 7) is 0.468. The van der Waals surface area contributed by atoms with Gasteiger partial charge in [0.15, 0.2) is 5.82 Å². The summed E-state index contributed by atoms with van der Waals surface area (Å²) in [6.07, 6.45) is 4.54. The number of carbonyl (C=O) groups is 1. The average molecular weight is 343 g/mol. The van der Waals surface area contributed by atoms with Gasteiger partial charge in [0.25, 0.3) is 5.91 Å². The van der Waals surface area contributed by atoms with Crippen LogP contribution >= 0.6 is 23.7 Å². The van der Waals surface area contributed by atoms with Crippen molar-refractivity contribution in [2.24, 2.45) is 5.73 Å². The number of hydrogen-bond donors (Lipinski definition) is 2. The Labute approximate surface area is 138 Å². The van der Waals surface area contributed by atoms with Crippen LogP contribution in [0, 0.1) is 0 Å². The van der Waals surface area contributed by atoms with Crippen molar-refractivity contribution in [3.05, 3.63) is 34.1 Å². The zero-order valence-corrected chi connectivity index (χ0v) is 13.7. The molecule has 0 bridgehead atoms. The fourth-order valence-electron chi connectivity index (χ4n) is 2.57. The van der Waals surface area contributed by atoms with Crippen LogP contribution < -0.4 is 11.1 Å². The number of halogens is 1. The molecule has 1 aliphatic carbocycles. The molecule has 0 unspecified atom stereocenters. The molecule has 0 radical (unpaired) electrons. The number of amides is 1. The van der Waals surface area contributed by atoms with Gasteiger partial charge in [-0.25, -0.2) is 0 Å². The van der Waals surface area contributed by atoms with E-state index in [-0.39, 0.29) is 18.3 Å². The lowest BCUT2D eigenvalue weighted by molar-refractivity contribution is 0.0957. The van der Waals surface area contributed by atoms with Gasteiger partial charge in [-0.1, -0.05) is 24.1 Å². The Balaban J connectivity index is 0.00000176. The molecule has 1 aliphatic rings. The smallest absolute Gasteiger partial charge is 0.261 e. The summed E-state index contributed by atoms with van der Waals surface area (Å²) in [6, 6.07) is 3.65. The van der Waals surface area contributed by atoms with Gasteiger partial charge in [0.1, 0.15) is 0 Å². The van der Waals surface area contributed by atoms with Crippen LogP contribution in [-0.2, 0) is 12.0 Å². The monoisotopic (exact) mass is 342 g/mol. The molecule has 0 spiro atoms. The van der Waals surface area contributed by atoms with Crippen LogP contribution in [0.1, 0.15) is 47.1 Å². The molecule has 1 saturated carbocycles. The van der Waals surface area contributed by atoms with E-state index in [9.17, 15) is 4.79 Å². The Morgan fingerprint density at radius 3 is 2.91 bits per heavy atom. The van der Waals surface area contributed by atoms with Crippen LogP contribution in [0.3, 0.4) is 0 Å². The standard InChI is InChI=1S/C14H18N4O2S.ClH/c15-14(6-1-2-7-14)13-17-11(20-18-13)5-8-16-12(19)10-4-3-9-21-10;/h3-4,9H,1-2,5-8,15H2,(H,16,19);1H. The van der Waals surface area contributed by atoms with Gasteiger partial charge in [0.2, 0.25) is 5.89 Å². The van der Waals surface area contributed by atoms with E-state index >= 15 is 0 Å². The van der Waals surface area contributed by atoms with Crippen molar-refractivity contribution in [3.8, 4) is 0 Å². The van der Waals surface area contributed by atoms with Crippen LogP contribution in [0.2, 0.25) is 0 Å². The molecule has 2 aromatic rings. The number of carbonyl (C=O) groups excluding carboxylic acids is 1. The maximum Gasteiger partial charge on any atom is 0.261 e. The molecule has 1 fully saturated rings. The van der Waals surface area contributed by atoms with Gasteiger partial charge < -0.3 is 15.6 Å². The summed E-state index contributed by atoms with van der Waals surface area (Å²) < 4.78 is 5.22. The molecular weight excluding hydrogens is 324 g/mol. The summed E-state index contributed by atoms with van der Waals surface area (Å²) in [5.41, 5.74) is 5.85. The third kappa shape index (κ3) is 3.66. The van der Waals surface area contributed by atoms with Gasteiger partial charge in [-0.05, 0) is 24.3 Å². The second-order valence-electron chi connectivity index (χ2n) is 5.36. The van der Waals surface area contributed by atoms with E-state index in [2.05, 4.69) is 15.5 Å². The highest BCUT2D eigenvalue weighted by molar-refractivity contribution is 7.12. The lowest BCUT2D eigenvalue weighted by atomic mass is 9.99. The summed E-state index contributed by atoms with van der Waals surface area (Å²) in [7, 11) is 0. The first-order valence-electron chi connectivity index (χ1n) is 7.11. The van der Waals surface area contributed by atoms with Gasteiger partial charge in [-0.2, -0.15) is 4.98 Å². The van der Waals surface area contributed by atoms with Crippen LogP contribution in [-0.4, -0.2) is 22.6 Å². The van der Waals surface area contributed by atoms with E-state index in [1.54, 1.807) is 6.07 Å². The molecule has 8 heteroatoms. The number of rotatable bonds is 5. The number of nitrogens with one attached hydrogen (secondary N) is 1. The minimum absolute atomic E-state index is 0. The van der Waals surface area contributed by atoms with E-state index < -0.39 is 5.54 Å². The van der Waals surface area contributed by atoms with Gasteiger partial charge >= 0.3 is 0 Å². The SMILES string of the molecule is Cl.NC1(c2noc(CCNC(=O)c3cccs3)n2)CCCC1. The molecule has 3 rings (SSSR count). The molecule has 120 valence electrons. The Morgan fingerprint density at radius 1 is 1.45 bits per heavy atom. The molecule has 2 heterocycles. The van der Waals surface area contributed by atoms with Gasteiger partial charge in [-0.15, -0.1) is 23.7 Å². The van der Waals surface area contributed by atoms with Crippen molar-refractivity contribution >= 4 is 29.7 Å². The van der Waals surface area contributed by atoms with Crippen molar-refractivity contribution in [3.63, 3.8) is 0 Å². The largest absolute Gasteiger partial charge is 0.351 e. The molecule has 2 aromatic heterocycles. The zero-order chi connectivity index (χ0) is 14.7. The summed E-state index contributed by atoms with van der Waals surface area (Å²) in [5.74, 6) is 1.05. The van der Waals surface area contributed by atoms with Crippen molar-refractivity contribution in [1.29, 1.82) is 0 Å². The lowest BCUT2D eigenvalue weighted by Gasteiger charge is -2.17. The maximum absolute atomic E-state index is 11.8. The Hall–Kier alpha value is -1.44. The van der Waals surface area contributed by atoms with Crippen LogP contribution in [0.25, 0.3) is 0 Å². The minimum atomic E-state index is -0.429. The van der Waals surface area contributed by atoms with E-state index in [1.165, 1.54) is 11.3 Å². The summed E-state index contributed by atoms with van der Waals surface area (Å²) in [5, 5.41) is 8.71. The molecule has 6 nitrogen and oxygen atoms in total. The third-order valence-corrected chi connectivity index (χ3v) is 4.65. The molecular formula is C14H19ClN4O2S. The predicted molar refractivity (Wildman–Crippen MR) is 86.2 cm³/mol. The molecule has 3 N–H and O–H groups in total. The van der Waals surface area contributed by atoms with Gasteiger partial charge in [0.05, 0.1) is 10.4 Å². The zero-order valence-electron chi connectivity index (χ0n) is 12.1. The number of nitrogens with zero attached hydrogens (tertiary/aromatic N) is 2. The molecule has 0 atom stereocenters. The second kappa shape index (κ2) is 7.21. The van der Waals surface area contributed by atoms with Gasteiger partial charge in [-0.3, -0.25) is 4.79 Å². The highest BCUT2D eigenvalue weighted by Crippen LogP contribution is 2.34. The van der Waals surface area contributed by atoms with Gasteiger partial charge in [0, 0.05) is 13.0 Å². The first-order valence-corrected chi connectivity index (χ1v) is 7.99. The number of nitrogens with two attached hydrogens (primary N) is 1. The normalized spacial score (nSPS) is 16.2. The van der Waals surface area contributed by atoms with E-state index in [4.69, 9.17) is 10.3 Å². The fraction of sp³-hybridized carbons (Fsp3) is 0.500. The Morgan fingerprint density at radius 2 is 2.23 bits per heavy atom. The predicted octanol–water partition coefficient (Wildman–Crippen LogP) is 2.25. The van der Waals surface area contributed by atoms with Crippen molar-refractivity contribution in [1.82, 2.24) is 15.5 Å². The van der Waals surface area contributed by atoms with Crippen LogP contribution in [0.5, 0.6) is 0 Å². The molecule has 1 amide bonds. The Bertz CT molecular complexity index is 608. The maximum atomic E-state index is 11.8. The number of thiophene rings is 1. The Kier molecular flexibility index (Phi) is 5.55. The molecule has 22 heavy (non-hydrogen) atoms. The summed E-state index contributed by atoms with van der Waals surface area (Å²) >= 11 is 1.42. The van der Waals surface area contributed by atoms with Crippen molar-refractivity contribution in [2.45, 2.75) is 37.6 Å². The highest BCUT2D eigenvalue weighted by Gasteiger charge is 2.35. The highest BCUT2D eigenvalue weighted by atomic mass is 35.5. The molecule has 0 saturated heterocycles. The number of hydrogen-bond acceptors (Lipinski definition) is 6. The third-order valence-electron chi connectivity index (χ3n) is 3.78. The minimum Gasteiger partial charge on any atom is -0.351 e. The number of aromatic nitrogens is 2. The first-order chi connectivity index (χ1) is 10.2. The lowest BCUT2D eigenvalue weighted by Crippen LogP contribution is -2.34. The van der Waals surface area contributed by atoms with Crippen LogP contribution in [0.4, 0.5) is 0 Å². The molecule has 0 aromatic carbocycles.